The number of nitrogens with one attached hydrogen (secondary N) is 1. The molecule has 9 heteroatoms. The van der Waals surface area contributed by atoms with Crippen LogP contribution >= 0.6 is 0 Å². The van der Waals surface area contributed by atoms with Crippen LogP contribution in [-0.2, 0) is 27.2 Å². The molecule has 0 bridgehead atoms. The molecule has 186 valence electrons. The number of hydrogen-bond acceptors (Lipinski definition) is 5. The molecule has 3 aromatic rings. The zero-order valence-electron chi connectivity index (χ0n) is 19.4. The molecule has 1 aromatic heterocycles. The third kappa shape index (κ3) is 5.62. The van der Waals surface area contributed by atoms with Gasteiger partial charge in [0.15, 0.2) is 23.1 Å². The number of benzene rings is 2. The molecule has 1 fully saturated rings. The maximum Gasteiger partial charge on any atom is 0.225 e. The Hall–Kier alpha value is -4.01. The standard InChI is InChI=1S/C27H23F3N2O4/c1-2-26(35)32-25-14-19(7-10-31-25)36-22-15-20(29)17(12-21(22)30)13-24(34)27(8-9-27)23(33)11-16-3-5-18(28)6-4-16/h3-7,10,12,14-15H,2,8-9,11,13H2,1H3,(H,31,32,35). The van der Waals surface area contributed by atoms with Gasteiger partial charge in [-0.05, 0) is 48.2 Å². The maximum atomic E-state index is 14.8. The van der Waals surface area contributed by atoms with E-state index < -0.39 is 40.8 Å². The van der Waals surface area contributed by atoms with Crippen LogP contribution in [0.3, 0.4) is 0 Å². The molecule has 1 aliphatic carbocycles. The summed E-state index contributed by atoms with van der Waals surface area (Å²) in [6, 6.07) is 9.92. The highest BCUT2D eigenvalue weighted by molar-refractivity contribution is 6.11. The fraction of sp³-hybridized carbons (Fsp3) is 0.259. The summed E-state index contributed by atoms with van der Waals surface area (Å²) in [6.45, 7) is 1.67. The molecule has 1 heterocycles. The normalized spacial score (nSPS) is 13.7. The van der Waals surface area contributed by atoms with Gasteiger partial charge in [0.05, 0.1) is 5.41 Å². The number of carbonyl (C=O) groups is 3. The summed E-state index contributed by atoms with van der Waals surface area (Å²) in [6.07, 6.45) is 1.79. The number of rotatable bonds is 10. The van der Waals surface area contributed by atoms with E-state index in [0.717, 1.165) is 12.1 Å². The summed E-state index contributed by atoms with van der Waals surface area (Å²) in [5.41, 5.74) is -0.827. The number of ketones is 2. The third-order valence-electron chi connectivity index (χ3n) is 6.10. The number of anilines is 1. The van der Waals surface area contributed by atoms with Gasteiger partial charge in [-0.2, -0.15) is 0 Å². The summed E-state index contributed by atoms with van der Waals surface area (Å²) in [4.78, 5) is 41.2. The van der Waals surface area contributed by atoms with Crippen LogP contribution in [0.2, 0.25) is 0 Å². The highest BCUT2D eigenvalue weighted by atomic mass is 19.1. The number of nitrogens with zero attached hydrogens (tertiary/aromatic N) is 1. The van der Waals surface area contributed by atoms with Crippen molar-refractivity contribution in [2.45, 2.75) is 39.0 Å². The molecule has 4 rings (SSSR count). The van der Waals surface area contributed by atoms with E-state index in [2.05, 4.69) is 10.3 Å². The lowest BCUT2D eigenvalue weighted by Gasteiger charge is -2.14. The zero-order valence-corrected chi connectivity index (χ0v) is 19.4. The Morgan fingerprint density at radius 1 is 0.944 bits per heavy atom. The Morgan fingerprint density at radius 2 is 1.64 bits per heavy atom. The van der Waals surface area contributed by atoms with Gasteiger partial charge < -0.3 is 10.1 Å². The van der Waals surface area contributed by atoms with E-state index in [1.54, 1.807) is 6.92 Å². The summed E-state index contributed by atoms with van der Waals surface area (Å²) >= 11 is 0. The lowest BCUT2D eigenvalue weighted by atomic mass is 9.87. The fourth-order valence-corrected chi connectivity index (χ4v) is 3.82. The van der Waals surface area contributed by atoms with E-state index in [1.165, 1.54) is 42.6 Å². The first-order valence-electron chi connectivity index (χ1n) is 11.4. The van der Waals surface area contributed by atoms with E-state index in [-0.39, 0.29) is 41.7 Å². The van der Waals surface area contributed by atoms with Crippen LogP contribution in [0.5, 0.6) is 11.5 Å². The van der Waals surface area contributed by atoms with Crippen molar-refractivity contribution in [3.63, 3.8) is 0 Å². The fourth-order valence-electron chi connectivity index (χ4n) is 3.82. The van der Waals surface area contributed by atoms with Crippen molar-refractivity contribution in [2.24, 2.45) is 5.41 Å². The third-order valence-corrected chi connectivity index (χ3v) is 6.10. The van der Waals surface area contributed by atoms with Gasteiger partial charge in [0.1, 0.15) is 23.2 Å². The van der Waals surface area contributed by atoms with Gasteiger partial charge in [0.2, 0.25) is 5.91 Å². The van der Waals surface area contributed by atoms with Crippen molar-refractivity contribution in [1.82, 2.24) is 4.98 Å². The number of Topliss-reactive ketones (excluding diaryl/α,β-unsaturated/α-hetero) is 2. The minimum atomic E-state index is -1.22. The first-order chi connectivity index (χ1) is 17.2. The zero-order chi connectivity index (χ0) is 25.9. The predicted octanol–water partition coefficient (Wildman–Crippen LogP) is 5.34. The topological polar surface area (TPSA) is 85.4 Å². The smallest absolute Gasteiger partial charge is 0.225 e. The van der Waals surface area contributed by atoms with Crippen molar-refractivity contribution >= 4 is 23.3 Å². The Kier molecular flexibility index (Phi) is 7.19. The molecule has 0 aliphatic heterocycles. The molecule has 36 heavy (non-hydrogen) atoms. The van der Waals surface area contributed by atoms with Crippen molar-refractivity contribution in [3.8, 4) is 11.5 Å². The van der Waals surface area contributed by atoms with Gasteiger partial charge in [-0.3, -0.25) is 14.4 Å². The summed E-state index contributed by atoms with van der Waals surface area (Å²) in [5.74, 6) is -3.32. The molecular weight excluding hydrogens is 473 g/mol. The lowest BCUT2D eigenvalue weighted by Crippen LogP contribution is -2.29. The Morgan fingerprint density at radius 3 is 2.31 bits per heavy atom. The molecule has 1 amide bonds. The monoisotopic (exact) mass is 496 g/mol. The number of amides is 1. The molecule has 0 saturated heterocycles. The molecular formula is C27H23F3N2O4. The number of hydrogen-bond donors (Lipinski definition) is 1. The molecule has 6 nitrogen and oxygen atoms in total. The van der Waals surface area contributed by atoms with E-state index in [0.29, 0.717) is 18.4 Å². The summed E-state index contributed by atoms with van der Waals surface area (Å²) in [7, 11) is 0. The molecule has 2 aromatic carbocycles. The van der Waals surface area contributed by atoms with E-state index in [4.69, 9.17) is 4.74 Å². The first-order valence-corrected chi connectivity index (χ1v) is 11.4. The second-order valence-electron chi connectivity index (χ2n) is 8.66. The Bertz CT molecular complexity index is 1320. The molecule has 1 aliphatic rings. The van der Waals surface area contributed by atoms with Gasteiger partial charge in [-0.25, -0.2) is 18.2 Å². The van der Waals surface area contributed by atoms with Crippen molar-refractivity contribution < 1.29 is 32.3 Å². The molecule has 0 unspecified atom stereocenters. The second-order valence-corrected chi connectivity index (χ2v) is 8.66. The van der Waals surface area contributed by atoms with Crippen molar-refractivity contribution in [2.75, 3.05) is 5.32 Å². The Labute approximate surface area is 205 Å². The highest BCUT2D eigenvalue weighted by Gasteiger charge is 2.54. The Balaban J connectivity index is 1.45. The van der Waals surface area contributed by atoms with Crippen molar-refractivity contribution in [3.05, 3.63) is 83.3 Å². The summed E-state index contributed by atoms with van der Waals surface area (Å²) in [5, 5.41) is 2.54. The van der Waals surface area contributed by atoms with E-state index in [9.17, 15) is 27.6 Å². The van der Waals surface area contributed by atoms with Crippen LogP contribution in [0.1, 0.15) is 37.3 Å². The van der Waals surface area contributed by atoms with Gasteiger partial charge >= 0.3 is 0 Å². The van der Waals surface area contributed by atoms with E-state index in [1.807, 2.05) is 0 Å². The molecule has 1 N–H and O–H groups in total. The number of pyridine rings is 1. The molecule has 0 atom stereocenters. The van der Waals surface area contributed by atoms with Crippen LogP contribution in [-0.4, -0.2) is 22.5 Å². The number of aromatic nitrogens is 1. The average molecular weight is 496 g/mol. The minimum absolute atomic E-state index is 0.0394. The van der Waals surface area contributed by atoms with Gasteiger partial charge in [-0.15, -0.1) is 0 Å². The summed E-state index contributed by atoms with van der Waals surface area (Å²) < 4.78 is 48.1. The SMILES string of the molecule is CCC(=O)Nc1cc(Oc2cc(F)c(CC(=O)C3(C(=O)Cc4ccc(F)cc4)CC3)cc2F)ccn1. The van der Waals surface area contributed by atoms with Gasteiger partial charge in [0, 0.05) is 37.6 Å². The van der Waals surface area contributed by atoms with Crippen LogP contribution in [0.25, 0.3) is 0 Å². The average Bonchev–Trinajstić information content (AvgIpc) is 3.66. The van der Waals surface area contributed by atoms with Gasteiger partial charge in [0.25, 0.3) is 0 Å². The molecule has 0 spiro atoms. The lowest BCUT2D eigenvalue weighted by molar-refractivity contribution is -0.134. The van der Waals surface area contributed by atoms with E-state index >= 15 is 0 Å². The predicted molar refractivity (Wildman–Crippen MR) is 125 cm³/mol. The maximum absolute atomic E-state index is 14.8. The van der Waals surface area contributed by atoms with Crippen LogP contribution < -0.4 is 10.1 Å². The highest BCUT2D eigenvalue weighted by Crippen LogP contribution is 2.49. The van der Waals surface area contributed by atoms with Crippen LogP contribution in [0, 0.1) is 22.9 Å². The van der Waals surface area contributed by atoms with Crippen LogP contribution in [0.4, 0.5) is 19.0 Å². The molecule has 1 saturated carbocycles. The minimum Gasteiger partial charge on any atom is -0.454 e. The molecule has 0 radical (unpaired) electrons. The van der Waals surface area contributed by atoms with Crippen LogP contribution in [0.15, 0.2) is 54.7 Å². The van der Waals surface area contributed by atoms with Gasteiger partial charge in [-0.1, -0.05) is 19.1 Å². The largest absolute Gasteiger partial charge is 0.454 e. The quantitative estimate of drug-likeness (QED) is 0.383. The number of halogens is 3. The second kappa shape index (κ2) is 10.3. The number of carbonyl (C=O) groups excluding carboxylic acids is 3. The van der Waals surface area contributed by atoms with Crippen molar-refractivity contribution in [1.29, 1.82) is 0 Å². The number of ether oxygens (including phenoxy) is 1. The first kappa shape index (κ1) is 25.1.